The summed E-state index contributed by atoms with van der Waals surface area (Å²) < 4.78 is 6.61. The Kier molecular flexibility index (Phi) is 5.57. The van der Waals surface area contributed by atoms with Gasteiger partial charge in [0, 0.05) is 18.0 Å². The monoisotopic (exact) mass is 417 g/mol. The average molecular weight is 417 g/mol. The van der Waals surface area contributed by atoms with Crippen LogP contribution in [0.1, 0.15) is 34.2 Å². The molecule has 0 saturated carbocycles. The molecule has 4 aromatic rings. The molecule has 156 valence electrons. The maximum absolute atomic E-state index is 12.9. The molecule has 0 unspecified atom stereocenters. The summed E-state index contributed by atoms with van der Waals surface area (Å²) in [4.78, 5) is 41.6. The number of furan rings is 1. The molecule has 2 N–H and O–H groups in total. The molecule has 0 aliphatic carbocycles. The Morgan fingerprint density at radius 3 is 2.61 bits per heavy atom. The first-order valence-corrected chi connectivity index (χ1v) is 9.69. The smallest absolute Gasteiger partial charge is 0.290 e. The molecule has 0 saturated heterocycles. The number of carbonyl (C=O) groups is 2. The van der Waals surface area contributed by atoms with Crippen LogP contribution in [0.4, 0.5) is 0 Å². The maximum Gasteiger partial charge on any atom is 0.290 e. The fraction of sp³-hybridized carbons (Fsp3) is 0.136. The standard InChI is InChI=1S/C22H19N5O4/c1-2-11-27-20(28)10-9-17(26-27)22(30)25-24-21(29)15-13-18(19-8-5-12-31-19)23-16-7-4-3-6-14(15)16/h3-10,12-13H,2,11H2,1H3,(H,24,29)(H,25,30). The Hall–Kier alpha value is -4.27. The zero-order valence-electron chi connectivity index (χ0n) is 16.7. The van der Waals surface area contributed by atoms with Crippen molar-refractivity contribution in [2.75, 3.05) is 0 Å². The zero-order valence-corrected chi connectivity index (χ0v) is 16.7. The highest BCUT2D eigenvalue weighted by Gasteiger charge is 2.16. The van der Waals surface area contributed by atoms with Crippen molar-refractivity contribution in [1.82, 2.24) is 25.6 Å². The van der Waals surface area contributed by atoms with Crippen molar-refractivity contribution < 1.29 is 14.0 Å². The van der Waals surface area contributed by atoms with Crippen molar-refractivity contribution in [2.24, 2.45) is 0 Å². The highest BCUT2D eigenvalue weighted by molar-refractivity contribution is 6.07. The van der Waals surface area contributed by atoms with Crippen molar-refractivity contribution in [2.45, 2.75) is 19.9 Å². The quantitative estimate of drug-likeness (QED) is 0.482. The van der Waals surface area contributed by atoms with Crippen LogP contribution in [-0.4, -0.2) is 26.6 Å². The second-order valence-corrected chi connectivity index (χ2v) is 6.74. The van der Waals surface area contributed by atoms with Gasteiger partial charge in [0.15, 0.2) is 11.5 Å². The van der Waals surface area contributed by atoms with E-state index in [2.05, 4.69) is 20.9 Å². The minimum absolute atomic E-state index is 0.0178. The molecule has 31 heavy (non-hydrogen) atoms. The largest absolute Gasteiger partial charge is 0.463 e. The number of hydrogen-bond acceptors (Lipinski definition) is 6. The van der Waals surface area contributed by atoms with E-state index < -0.39 is 11.8 Å². The summed E-state index contributed by atoms with van der Waals surface area (Å²) in [6.45, 7) is 2.29. The summed E-state index contributed by atoms with van der Waals surface area (Å²) >= 11 is 0. The number of hydrogen-bond donors (Lipinski definition) is 2. The summed E-state index contributed by atoms with van der Waals surface area (Å²) in [6.07, 6.45) is 2.22. The van der Waals surface area contributed by atoms with E-state index in [1.54, 1.807) is 36.4 Å². The highest BCUT2D eigenvalue weighted by Crippen LogP contribution is 2.25. The lowest BCUT2D eigenvalue weighted by molar-refractivity contribution is 0.0843. The Morgan fingerprint density at radius 2 is 1.84 bits per heavy atom. The van der Waals surface area contributed by atoms with Crippen LogP contribution in [0.2, 0.25) is 0 Å². The van der Waals surface area contributed by atoms with Gasteiger partial charge in [-0.25, -0.2) is 9.67 Å². The minimum Gasteiger partial charge on any atom is -0.463 e. The molecule has 0 spiro atoms. The minimum atomic E-state index is -0.636. The van der Waals surface area contributed by atoms with Crippen LogP contribution in [0, 0.1) is 0 Å². The Labute approximate surface area is 176 Å². The van der Waals surface area contributed by atoms with Crippen molar-refractivity contribution in [3.8, 4) is 11.5 Å². The third-order valence-electron chi connectivity index (χ3n) is 4.56. The fourth-order valence-electron chi connectivity index (χ4n) is 3.10. The van der Waals surface area contributed by atoms with Crippen LogP contribution in [-0.2, 0) is 6.54 Å². The second-order valence-electron chi connectivity index (χ2n) is 6.74. The Bertz CT molecular complexity index is 1310. The molecule has 0 fully saturated rings. The van der Waals surface area contributed by atoms with Gasteiger partial charge in [0.05, 0.1) is 17.3 Å². The van der Waals surface area contributed by atoms with Crippen LogP contribution in [0.3, 0.4) is 0 Å². The maximum atomic E-state index is 12.9. The molecule has 3 heterocycles. The molecular weight excluding hydrogens is 398 g/mol. The lowest BCUT2D eigenvalue weighted by atomic mass is 10.1. The van der Waals surface area contributed by atoms with Crippen LogP contribution in [0.5, 0.6) is 0 Å². The van der Waals surface area contributed by atoms with E-state index in [9.17, 15) is 14.4 Å². The SMILES string of the molecule is CCCn1nc(C(=O)NNC(=O)c2cc(-c3ccco3)nc3ccccc23)ccc1=O. The number of nitrogens with zero attached hydrogens (tertiary/aromatic N) is 3. The van der Waals surface area contributed by atoms with Gasteiger partial charge < -0.3 is 4.42 Å². The number of fused-ring (bicyclic) bond motifs is 1. The normalized spacial score (nSPS) is 10.7. The first-order valence-electron chi connectivity index (χ1n) is 9.69. The molecule has 0 atom stereocenters. The highest BCUT2D eigenvalue weighted by atomic mass is 16.3. The number of amides is 2. The van der Waals surface area contributed by atoms with E-state index in [-0.39, 0.29) is 11.3 Å². The van der Waals surface area contributed by atoms with Gasteiger partial charge in [-0.1, -0.05) is 25.1 Å². The summed E-state index contributed by atoms with van der Waals surface area (Å²) in [5.74, 6) is -0.643. The summed E-state index contributed by atoms with van der Waals surface area (Å²) in [7, 11) is 0. The van der Waals surface area contributed by atoms with Crippen LogP contribution in [0.25, 0.3) is 22.4 Å². The molecule has 3 aromatic heterocycles. The molecule has 9 nitrogen and oxygen atoms in total. The fourth-order valence-corrected chi connectivity index (χ4v) is 3.10. The van der Waals surface area contributed by atoms with Crippen LogP contribution >= 0.6 is 0 Å². The predicted octanol–water partition coefficient (Wildman–Crippen LogP) is 2.54. The Morgan fingerprint density at radius 1 is 1.03 bits per heavy atom. The second kappa shape index (κ2) is 8.62. The summed E-state index contributed by atoms with van der Waals surface area (Å²) in [6, 6.07) is 14.8. The predicted molar refractivity (Wildman–Crippen MR) is 113 cm³/mol. The van der Waals surface area contributed by atoms with Crippen LogP contribution < -0.4 is 16.4 Å². The number of para-hydroxylation sites is 1. The van der Waals surface area contributed by atoms with Gasteiger partial charge in [0.2, 0.25) is 0 Å². The number of aryl methyl sites for hydroxylation is 1. The van der Waals surface area contributed by atoms with Crippen molar-refractivity contribution in [3.05, 3.63) is 82.5 Å². The number of rotatable bonds is 5. The van der Waals surface area contributed by atoms with Gasteiger partial charge in [0.1, 0.15) is 5.69 Å². The van der Waals surface area contributed by atoms with Crippen LogP contribution in [0.15, 0.2) is 70.1 Å². The van der Waals surface area contributed by atoms with Crippen molar-refractivity contribution >= 4 is 22.7 Å². The van der Waals surface area contributed by atoms with E-state index in [1.807, 2.05) is 13.0 Å². The van der Waals surface area contributed by atoms with Crippen molar-refractivity contribution in [1.29, 1.82) is 0 Å². The molecule has 1 aromatic carbocycles. The van der Waals surface area contributed by atoms with Gasteiger partial charge in [-0.15, -0.1) is 0 Å². The number of hydrazine groups is 1. The topological polar surface area (TPSA) is 119 Å². The molecule has 9 heteroatoms. The van der Waals surface area contributed by atoms with E-state index in [4.69, 9.17) is 4.42 Å². The molecule has 0 bridgehead atoms. The van der Waals surface area contributed by atoms with Crippen molar-refractivity contribution in [3.63, 3.8) is 0 Å². The summed E-state index contributed by atoms with van der Waals surface area (Å²) in [5.41, 5.74) is 5.90. The molecule has 0 aliphatic rings. The van der Waals surface area contributed by atoms with Gasteiger partial charge in [-0.05, 0) is 36.8 Å². The van der Waals surface area contributed by atoms with Gasteiger partial charge in [-0.2, -0.15) is 5.10 Å². The lowest BCUT2D eigenvalue weighted by Gasteiger charge is -2.11. The average Bonchev–Trinajstić information content (AvgIpc) is 3.33. The Balaban J connectivity index is 1.58. The van der Waals surface area contributed by atoms with E-state index in [0.29, 0.717) is 40.9 Å². The van der Waals surface area contributed by atoms with E-state index in [0.717, 1.165) is 0 Å². The number of benzene rings is 1. The van der Waals surface area contributed by atoms with Gasteiger partial charge >= 0.3 is 0 Å². The lowest BCUT2D eigenvalue weighted by Crippen LogP contribution is -2.42. The number of aromatic nitrogens is 3. The van der Waals surface area contributed by atoms with Gasteiger partial charge in [0.25, 0.3) is 17.4 Å². The summed E-state index contributed by atoms with van der Waals surface area (Å²) in [5, 5.41) is 4.65. The first-order chi connectivity index (χ1) is 15.1. The molecule has 4 rings (SSSR count). The number of pyridine rings is 1. The molecule has 0 aliphatic heterocycles. The van der Waals surface area contributed by atoms with E-state index in [1.165, 1.54) is 23.1 Å². The molecular formula is C22H19N5O4. The molecule has 0 radical (unpaired) electrons. The first kappa shape index (κ1) is 20.0. The number of nitrogens with one attached hydrogen (secondary N) is 2. The van der Waals surface area contributed by atoms with E-state index >= 15 is 0 Å². The third-order valence-corrected chi connectivity index (χ3v) is 4.56. The number of carbonyl (C=O) groups excluding carboxylic acids is 2. The molecule has 2 amide bonds. The third kappa shape index (κ3) is 4.20. The van der Waals surface area contributed by atoms with Gasteiger partial charge in [-0.3, -0.25) is 25.2 Å². The zero-order chi connectivity index (χ0) is 21.8.